The Labute approximate surface area is 187 Å². The minimum absolute atomic E-state index is 0.249. The number of hydrogen-bond donors (Lipinski definition) is 2. The van der Waals surface area contributed by atoms with Crippen LogP contribution in [0.25, 0.3) is 0 Å². The smallest absolute Gasteiger partial charge is 0.161 e. The monoisotopic (exact) mass is 445 g/mol. The lowest BCUT2D eigenvalue weighted by atomic mass is 10.1. The van der Waals surface area contributed by atoms with Crippen molar-refractivity contribution in [3.05, 3.63) is 93.5 Å². The molecule has 0 bridgehead atoms. The molecule has 0 saturated carbocycles. The predicted octanol–water partition coefficient (Wildman–Crippen LogP) is 5.79. The van der Waals surface area contributed by atoms with Crippen molar-refractivity contribution in [3.8, 4) is 11.5 Å². The fourth-order valence-electron chi connectivity index (χ4n) is 3.02. The number of aliphatic hydroxyl groups excluding tert-OH is 1. The molecule has 158 valence electrons. The summed E-state index contributed by atoms with van der Waals surface area (Å²) in [6, 6.07) is 20.8. The van der Waals surface area contributed by atoms with Gasteiger partial charge in [0, 0.05) is 28.7 Å². The number of ether oxygens (including phenoxy) is 2. The van der Waals surface area contributed by atoms with Crippen LogP contribution in [0, 0.1) is 0 Å². The van der Waals surface area contributed by atoms with Crippen LogP contribution in [0.3, 0.4) is 0 Å². The van der Waals surface area contributed by atoms with E-state index in [-0.39, 0.29) is 6.61 Å². The number of halogens is 2. The lowest BCUT2D eigenvalue weighted by Gasteiger charge is -2.16. The molecule has 3 rings (SSSR count). The Bertz CT molecular complexity index is 930. The first-order valence-electron chi connectivity index (χ1n) is 9.83. The van der Waals surface area contributed by atoms with Gasteiger partial charge in [-0.3, -0.25) is 0 Å². The van der Waals surface area contributed by atoms with E-state index in [0.29, 0.717) is 41.2 Å². The molecule has 0 aliphatic rings. The average molecular weight is 446 g/mol. The molecule has 0 fully saturated rings. The van der Waals surface area contributed by atoms with Crippen LogP contribution in [0.5, 0.6) is 11.5 Å². The molecule has 2 N–H and O–H groups in total. The van der Waals surface area contributed by atoms with E-state index >= 15 is 0 Å². The van der Waals surface area contributed by atoms with Crippen molar-refractivity contribution >= 4 is 23.2 Å². The Morgan fingerprint density at radius 2 is 1.63 bits per heavy atom. The fourth-order valence-corrected chi connectivity index (χ4v) is 3.52. The van der Waals surface area contributed by atoms with Crippen LogP contribution in [-0.2, 0) is 13.2 Å². The third-order valence-corrected chi connectivity index (χ3v) is 5.30. The third kappa shape index (κ3) is 6.13. The van der Waals surface area contributed by atoms with Gasteiger partial charge in [0.1, 0.15) is 6.61 Å². The molecule has 4 nitrogen and oxygen atoms in total. The topological polar surface area (TPSA) is 50.7 Å². The van der Waals surface area contributed by atoms with Gasteiger partial charge in [0.25, 0.3) is 0 Å². The first kappa shape index (κ1) is 22.4. The molecule has 3 aromatic carbocycles. The van der Waals surface area contributed by atoms with Crippen molar-refractivity contribution in [1.82, 2.24) is 5.32 Å². The van der Waals surface area contributed by atoms with Gasteiger partial charge in [0.05, 0.1) is 12.7 Å². The predicted molar refractivity (Wildman–Crippen MR) is 122 cm³/mol. The van der Waals surface area contributed by atoms with Gasteiger partial charge in [-0.15, -0.1) is 0 Å². The summed E-state index contributed by atoms with van der Waals surface area (Å²) in [6.07, 6.45) is -0.555. The number of benzene rings is 3. The molecule has 1 atom stereocenters. The lowest BCUT2D eigenvalue weighted by molar-refractivity contribution is 0.174. The van der Waals surface area contributed by atoms with Gasteiger partial charge in [0.2, 0.25) is 0 Å². The van der Waals surface area contributed by atoms with Gasteiger partial charge in [-0.1, -0.05) is 65.7 Å². The molecule has 1 unspecified atom stereocenters. The molecule has 0 radical (unpaired) electrons. The van der Waals surface area contributed by atoms with E-state index in [1.807, 2.05) is 55.5 Å². The van der Waals surface area contributed by atoms with Crippen LogP contribution in [-0.4, -0.2) is 18.3 Å². The number of rotatable bonds is 10. The highest BCUT2D eigenvalue weighted by Crippen LogP contribution is 2.31. The highest BCUT2D eigenvalue weighted by atomic mass is 35.5. The third-order valence-electron chi connectivity index (χ3n) is 4.59. The summed E-state index contributed by atoms with van der Waals surface area (Å²) < 4.78 is 11.7. The van der Waals surface area contributed by atoms with Gasteiger partial charge in [-0.2, -0.15) is 0 Å². The van der Waals surface area contributed by atoms with Crippen molar-refractivity contribution in [3.63, 3.8) is 0 Å². The molecule has 0 amide bonds. The summed E-state index contributed by atoms with van der Waals surface area (Å²) in [7, 11) is 0. The summed E-state index contributed by atoms with van der Waals surface area (Å²) in [4.78, 5) is 0. The van der Waals surface area contributed by atoms with Crippen molar-refractivity contribution in [2.24, 2.45) is 0 Å². The summed E-state index contributed by atoms with van der Waals surface area (Å²) in [6.45, 7) is 3.75. The van der Waals surface area contributed by atoms with Gasteiger partial charge in [0.15, 0.2) is 11.5 Å². The Morgan fingerprint density at radius 3 is 2.33 bits per heavy atom. The first-order chi connectivity index (χ1) is 14.6. The zero-order valence-corrected chi connectivity index (χ0v) is 18.3. The van der Waals surface area contributed by atoms with Gasteiger partial charge in [-0.05, 0) is 42.3 Å². The number of nitrogens with one attached hydrogen (secondary N) is 1. The maximum absolute atomic E-state index is 10.3. The lowest BCUT2D eigenvalue weighted by Crippen LogP contribution is -2.21. The molecule has 0 spiro atoms. The highest BCUT2D eigenvalue weighted by molar-refractivity contribution is 6.35. The zero-order valence-electron chi connectivity index (χ0n) is 16.8. The number of hydrogen-bond acceptors (Lipinski definition) is 4. The van der Waals surface area contributed by atoms with Gasteiger partial charge < -0.3 is 19.9 Å². The van der Waals surface area contributed by atoms with Crippen LogP contribution in [0.15, 0.2) is 66.7 Å². The molecular formula is C24H25Cl2NO3. The minimum Gasteiger partial charge on any atom is -0.490 e. The van der Waals surface area contributed by atoms with Gasteiger partial charge in [-0.25, -0.2) is 0 Å². The van der Waals surface area contributed by atoms with Crippen molar-refractivity contribution in [2.75, 3.05) is 13.2 Å². The maximum atomic E-state index is 10.3. The van der Waals surface area contributed by atoms with Crippen LogP contribution in [0.2, 0.25) is 10.0 Å². The molecule has 30 heavy (non-hydrogen) atoms. The van der Waals surface area contributed by atoms with Crippen LogP contribution < -0.4 is 14.8 Å². The van der Waals surface area contributed by atoms with E-state index in [9.17, 15) is 5.11 Å². The molecule has 3 aromatic rings. The highest BCUT2D eigenvalue weighted by Gasteiger charge is 2.11. The largest absolute Gasteiger partial charge is 0.490 e. The zero-order chi connectivity index (χ0) is 21.3. The standard InChI is InChI=1S/C24H25Cl2NO3/c1-2-29-24-13-17(14-27-15-22(28)18-7-4-3-5-8-18)11-12-23(24)30-16-19-20(25)9-6-10-21(19)26/h3-13,22,27-28H,2,14-16H2,1H3. The van der Waals surface area contributed by atoms with Crippen LogP contribution in [0.4, 0.5) is 0 Å². The van der Waals surface area contributed by atoms with Crippen molar-refractivity contribution in [1.29, 1.82) is 0 Å². The molecule has 6 heteroatoms. The summed E-state index contributed by atoms with van der Waals surface area (Å²) in [5.41, 5.74) is 2.66. The fraction of sp³-hybridized carbons (Fsp3) is 0.250. The van der Waals surface area contributed by atoms with Crippen LogP contribution in [0.1, 0.15) is 29.7 Å². The van der Waals surface area contributed by atoms with E-state index in [0.717, 1.165) is 16.7 Å². The maximum Gasteiger partial charge on any atom is 0.161 e. The molecule has 0 saturated heterocycles. The normalized spacial score (nSPS) is 11.9. The molecule has 0 aromatic heterocycles. The molecular weight excluding hydrogens is 421 g/mol. The van der Waals surface area contributed by atoms with E-state index in [1.54, 1.807) is 18.2 Å². The second-order valence-electron chi connectivity index (χ2n) is 6.76. The molecule has 0 heterocycles. The summed E-state index contributed by atoms with van der Waals surface area (Å²) in [5, 5.41) is 14.7. The Kier molecular flexibility index (Phi) is 8.40. The first-order valence-corrected chi connectivity index (χ1v) is 10.6. The molecule has 0 aliphatic carbocycles. The second kappa shape index (κ2) is 11.2. The quantitative estimate of drug-likeness (QED) is 0.414. The van der Waals surface area contributed by atoms with Crippen molar-refractivity contribution in [2.45, 2.75) is 26.2 Å². The molecule has 0 aliphatic heterocycles. The van der Waals surface area contributed by atoms with E-state index in [4.69, 9.17) is 32.7 Å². The Balaban J connectivity index is 1.61. The Hall–Kier alpha value is -2.24. The average Bonchev–Trinajstić information content (AvgIpc) is 2.75. The van der Waals surface area contributed by atoms with E-state index < -0.39 is 6.10 Å². The van der Waals surface area contributed by atoms with E-state index in [2.05, 4.69) is 5.32 Å². The SMILES string of the molecule is CCOc1cc(CNCC(O)c2ccccc2)ccc1OCc1c(Cl)cccc1Cl. The minimum atomic E-state index is -0.555. The summed E-state index contributed by atoms with van der Waals surface area (Å²) >= 11 is 12.4. The van der Waals surface area contributed by atoms with Gasteiger partial charge >= 0.3 is 0 Å². The van der Waals surface area contributed by atoms with Crippen LogP contribution >= 0.6 is 23.2 Å². The Morgan fingerprint density at radius 1 is 0.900 bits per heavy atom. The summed E-state index contributed by atoms with van der Waals surface area (Å²) in [5.74, 6) is 1.28. The second-order valence-corrected chi connectivity index (χ2v) is 7.57. The van der Waals surface area contributed by atoms with Crippen molar-refractivity contribution < 1.29 is 14.6 Å². The van der Waals surface area contributed by atoms with E-state index in [1.165, 1.54) is 0 Å². The number of aliphatic hydroxyl groups is 1.